The number of rotatable bonds is 5. The zero-order chi connectivity index (χ0) is 22.1. The number of ether oxygens (including phenoxy) is 1. The molecule has 2 aromatic carbocycles. The molecule has 2 heterocycles. The molecule has 1 aliphatic rings. The summed E-state index contributed by atoms with van der Waals surface area (Å²) in [6.45, 7) is 3.10. The van der Waals surface area contributed by atoms with Crippen molar-refractivity contribution in [2.45, 2.75) is 20.0 Å². The minimum absolute atomic E-state index is 0.164. The molecule has 3 aromatic rings. The monoisotopic (exact) mass is 419 g/mol. The Morgan fingerprint density at radius 1 is 1.03 bits per heavy atom. The third-order valence-electron chi connectivity index (χ3n) is 4.69. The molecular weight excluding hydrogens is 402 g/mol. The second-order valence-electron chi connectivity index (χ2n) is 6.90. The summed E-state index contributed by atoms with van der Waals surface area (Å²) in [5.74, 6) is -1.40. The Hall–Kier alpha value is -4.27. The highest BCUT2D eigenvalue weighted by atomic mass is 16.5. The van der Waals surface area contributed by atoms with Crippen LogP contribution in [-0.4, -0.2) is 35.0 Å². The number of benzene rings is 2. The number of nitrogens with zero attached hydrogens (tertiary/aromatic N) is 2. The van der Waals surface area contributed by atoms with E-state index in [4.69, 9.17) is 9.26 Å². The summed E-state index contributed by atoms with van der Waals surface area (Å²) in [7, 11) is 0. The highest BCUT2D eigenvalue weighted by Crippen LogP contribution is 2.28. The molecule has 1 aliphatic heterocycles. The van der Waals surface area contributed by atoms with Crippen molar-refractivity contribution in [1.29, 1.82) is 0 Å². The summed E-state index contributed by atoms with van der Waals surface area (Å²) in [6.07, 6.45) is -1.08. The SMILES string of the molecule is Cc1cc(NC(=O)[C@H](C)OC(=O)c2ccc(N3C(=O)c4ccccc4C3=O)cc2)no1. The van der Waals surface area contributed by atoms with Crippen LogP contribution in [0.2, 0.25) is 0 Å². The van der Waals surface area contributed by atoms with Crippen molar-refractivity contribution in [3.05, 3.63) is 77.0 Å². The second kappa shape index (κ2) is 7.86. The molecule has 0 unspecified atom stereocenters. The molecule has 0 bridgehead atoms. The molecule has 1 aromatic heterocycles. The smallest absolute Gasteiger partial charge is 0.338 e. The zero-order valence-corrected chi connectivity index (χ0v) is 16.6. The van der Waals surface area contributed by atoms with Gasteiger partial charge in [0.05, 0.1) is 22.4 Å². The number of aryl methyl sites for hydroxylation is 1. The van der Waals surface area contributed by atoms with Crippen LogP contribution in [0.1, 0.15) is 43.8 Å². The Kier molecular flexibility index (Phi) is 5.08. The van der Waals surface area contributed by atoms with Crippen molar-refractivity contribution in [3.63, 3.8) is 0 Å². The second-order valence-corrected chi connectivity index (χ2v) is 6.90. The Morgan fingerprint density at radius 2 is 1.65 bits per heavy atom. The molecule has 3 amide bonds. The van der Waals surface area contributed by atoms with Crippen LogP contribution in [0.25, 0.3) is 0 Å². The molecule has 0 saturated carbocycles. The van der Waals surface area contributed by atoms with Crippen molar-refractivity contribution in [3.8, 4) is 0 Å². The Labute approximate surface area is 176 Å². The molecule has 156 valence electrons. The molecule has 4 rings (SSSR count). The van der Waals surface area contributed by atoms with E-state index >= 15 is 0 Å². The lowest BCUT2D eigenvalue weighted by Gasteiger charge is -2.15. The van der Waals surface area contributed by atoms with Crippen molar-refractivity contribution >= 4 is 35.2 Å². The van der Waals surface area contributed by atoms with E-state index in [1.54, 1.807) is 31.2 Å². The van der Waals surface area contributed by atoms with Gasteiger partial charge in [0.1, 0.15) is 5.76 Å². The highest BCUT2D eigenvalue weighted by molar-refractivity contribution is 6.34. The van der Waals surface area contributed by atoms with Gasteiger partial charge < -0.3 is 14.6 Å². The number of hydrogen-bond acceptors (Lipinski definition) is 7. The molecule has 31 heavy (non-hydrogen) atoms. The van der Waals surface area contributed by atoms with Crippen LogP contribution in [0, 0.1) is 6.92 Å². The Morgan fingerprint density at radius 3 is 2.19 bits per heavy atom. The topological polar surface area (TPSA) is 119 Å². The van der Waals surface area contributed by atoms with Crippen molar-refractivity contribution in [1.82, 2.24) is 5.16 Å². The number of imide groups is 1. The first-order chi connectivity index (χ1) is 14.8. The van der Waals surface area contributed by atoms with Gasteiger partial charge in [-0.05, 0) is 50.2 Å². The van der Waals surface area contributed by atoms with Gasteiger partial charge in [-0.1, -0.05) is 17.3 Å². The Bertz CT molecular complexity index is 1160. The third kappa shape index (κ3) is 3.80. The lowest BCUT2D eigenvalue weighted by molar-refractivity contribution is -0.123. The summed E-state index contributed by atoms with van der Waals surface area (Å²) in [6, 6.07) is 13.9. The van der Waals surface area contributed by atoms with Crippen LogP contribution in [-0.2, 0) is 9.53 Å². The average molecular weight is 419 g/mol. The molecular formula is C22H17N3O6. The van der Waals surface area contributed by atoms with Crippen molar-refractivity contribution < 1.29 is 28.4 Å². The number of aromatic nitrogens is 1. The first-order valence-corrected chi connectivity index (χ1v) is 9.38. The van der Waals surface area contributed by atoms with E-state index in [0.717, 1.165) is 4.90 Å². The summed E-state index contributed by atoms with van der Waals surface area (Å²) in [4.78, 5) is 50.7. The minimum atomic E-state index is -1.08. The molecule has 9 nitrogen and oxygen atoms in total. The predicted octanol–water partition coefficient (Wildman–Crippen LogP) is 2.97. The molecule has 0 radical (unpaired) electrons. The summed E-state index contributed by atoms with van der Waals surface area (Å²) >= 11 is 0. The first kappa shape index (κ1) is 20.0. The van der Waals surface area contributed by atoms with Gasteiger partial charge in [-0.2, -0.15) is 0 Å². The van der Waals surface area contributed by atoms with Gasteiger partial charge in [0, 0.05) is 6.07 Å². The maximum Gasteiger partial charge on any atom is 0.338 e. The predicted molar refractivity (Wildman–Crippen MR) is 109 cm³/mol. The maximum absolute atomic E-state index is 12.6. The van der Waals surface area contributed by atoms with E-state index < -0.39 is 29.8 Å². The number of anilines is 2. The molecule has 0 spiro atoms. The van der Waals surface area contributed by atoms with Crippen molar-refractivity contribution in [2.24, 2.45) is 0 Å². The largest absolute Gasteiger partial charge is 0.449 e. The number of esters is 1. The Balaban J connectivity index is 1.42. The van der Waals surface area contributed by atoms with Gasteiger partial charge in [-0.25, -0.2) is 9.69 Å². The molecule has 1 atom stereocenters. The van der Waals surface area contributed by atoms with Gasteiger partial charge in [-0.3, -0.25) is 14.4 Å². The van der Waals surface area contributed by atoms with Crippen LogP contribution in [0.5, 0.6) is 0 Å². The van der Waals surface area contributed by atoms with Crippen LogP contribution in [0.15, 0.2) is 59.1 Å². The standard InChI is InChI=1S/C22H17N3O6/c1-12-11-18(24-31-12)23-19(26)13(2)30-22(29)14-7-9-15(10-8-14)25-20(27)16-5-3-4-6-17(16)21(25)28/h3-11,13H,1-2H3,(H,23,24,26)/t13-/m0/s1. The average Bonchev–Trinajstić information content (AvgIpc) is 3.28. The van der Waals surface area contributed by atoms with Crippen molar-refractivity contribution in [2.75, 3.05) is 10.2 Å². The molecule has 0 saturated heterocycles. The number of carbonyl (C=O) groups is 4. The molecule has 1 N–H and O–H groups in total. The summed E-state index contributed by atoms with van der Waals surface area (Å²) < 4.78 is 10.0. The minimum Gasteiger partial charge on any atom is -0.449 e. The van der Waals surface area contributed by atoms with E-state index in [1.807, 2.05) is 0 Å². The van der Waals surface area contributed by atoms with E-state index in [-0.39, 0.29) is 11.4 Å². The molecule has 0 fully saturated rings. The first-order valence-electron chi connectivity index (χ1n) is 9.38. The lowest BCUT2D eigenvalue weighted by Crippen LogP contribution is -2.30. The van der Waals surface area contributed by atoms with Crippen LogP contribution in [0.3, 0.4) is 0 Å². The van der Waals surface area contributed by atoms with Gasteiger partial charge in [0.15, 0.2) is 11.9 Å². The lowest BCUT2D eigenvalue weighted by atomic mass is 10.1. The number of nitrogens with one attached hydrogen (secondary N) is 1. The summed E-state index contributed by atoms with van der Waals surface area (Å²) in [5.41, 5.74) is 1.16. The fraction of sp³-hybridized carbons (Fsp3) is 0.136. The fourth-order valence-electron chi connectivity index (χ4n) is 3.11. The van der Waals surface area contributed by atoms with Gasteiger partial charge >= 0.3 is 5.97 Å². The normalized spacial score (nSPS) is 13.7. The summed E-state index contributed by atoms with van der Waals surface area (Å²) in [5, 5.41) is 6.12. The van der Waals surface area contributed by atoms with Crippen LogP contribution in [0.4, 0.5) is 11.5 Å². The quantitative estimate of drug-likeness (QED) is 0.499. The third-order valence-corrected chi connectivity index (χ3v) is 4.69. The van der Waals surface area contributed by atoms with Gasteiger partial charge in [-0.15, -0.1) is 0 Å². The number of amides is 3. The van der Waals surface area contributed by atoms with E-state index in [1.165, 1.54) is 37.3 Å². The van der Waals surface area contributed by atoms with E-state index in [2.05, 4.69) is 10.5 Å². The zero-order valence-electron chi connectivity index (χ0n) is 16.6. The fourth-order valence-corrected chi connectivity index (χ4v) is 3.11. The van der Waals surface area contributed by atoms with Gasteiger partial charge in [0.25, 0.3) is 17.7 Å². The van der Waals surface area contributed by atoms with Crippen LogP contribution >= 0.6 is 0 Å². The number of fused-ring (bicyclic) bond motifs is 1. The number of carbonyl (C=O) groups excluding carboxylic acids is 4. The van der Waals surface area contributed by atoms with E-state index in [0.29, 0.717) is 22.6 Å². The molecule has 9 heteroatoms. The van der Waals surface area contributed by atoms with E-state index in [9.17, 15) is 19.2 Å². The highest BCUT2D eigenvalue weighted by Gasteiger charge is 2.36. The maximum atomic E-state index is 12.6. The number of hydrogen-bond donors (Lipinski definition) is 1. The molecule has 0 aliphatic carbocycles. The van der Waals surface area contributed by atoms with Gasteiger partial charge in [0.2, 0.25) is 0 Å². The van der Waals surface area contributed by atoms with Crippen LogP contribution < -0.4 is 10.2 Å².